The fourth-order valence-corrected chi connectivity index (χ4v) is 1.20. The van der Waals surface area contributed by atoms with Crippen LogP contribution in [0.5, 0.6) is 0 Å². The molecule has 0 aliphatic carbocycles. The zero-order valence-electron chi connectivity index (χ0n) is 7.31. The third-order valence-electron chi connectivity index (χ3n) is 1.95. The van der Waals surface area contributed by atoms with Crippen LogP contribution in [-0.2, 0) is 14.3 Å². The van der Waals surface area contributed by atoms with Gasteiger partial charge in [0, 0.05) is 6.61 Å². The van der Waals surface area contributed by atoms with Crippen LogP contribution in [0.2, 0.25) is 0 Å². The summed E-state index contributed by atoms with van der Waals surface area (Å²) in [6.45, 7) is 0.463. The summed E-state index contributed by atoms with van der Waals surface area (Å²) in [6.07, 6.45) is 0.764. The number of aliphatic hydroxyl groups is 1. The normalized spacial score (nSPS) is 24.5. The third kappa shape index (κ3) is 3.30. The van der Waals surface area contributed by atoms with Crippen LogP contribution in [0, 0.1) is 0 Å². The van der Waals surface area contributed by atoms with Crippen molar-refractivity contribution in [1.29, 1.82) is 0 Å². The van der Waals surface area contributed by atoms with Crippen molar-refractivity contribution in [2.24, 2.45) is 0 Å². The van der Waals surface area contributed by atoms with E-state index < -0.39 is 18.7 Å². The summed E-state index contributed by atoms with van der Waals surface area (Å²) in [5.41, 5.74) is 0. The molecule has 1 aliphatic heterocycles. The predicted octanol–water partition coefficient (Wildman–Crippen LogP) is -0.373. The van der Waals surface area contributed by atoms with Gasteiger partial charge in [-0.3, -0.25) is 0 Å². The van der Waals surface area contributed by atoms with E-state index in [0.717, 1.165) is 12.8 Å². The molecule has 5 nitrogen and oxygen atoms in total. The number of aliphatic carboxylic acids is 1. The van der Waals surface area contributed by atoms with E-state index in [4.69, 9.17) is 19.7 Å². The molecular formula is C8H14O5. The van der Waals surface area contributed by atoms with Gasteiger partial charge in [0.2, 0.25) is 0 Å². The number of hydrogen-bond acceptors (Lipinski definition) is 4. The molecule has 0 aromatic rings. The minimum absolute atomic E-state index is 0.00611. The number of ether oxygens (including phenoxy) is 2. The first-order valence-electron chi connectivity index (χ1n) is 4.31. The lowest BCUT2D eigenvalue weighted by Crippen LogP contribution is -2.31. The molecule has 1 fully saturated rings. The Hall–Kier alpha value is -0.650. The molecule has 0 aromatic carbocycles. The number of carbonyl (C=O) groups is 1. The molecule has 13 heavy (non-hydrogen) atoms. The molecule has 2 unspecified atom stereocenters. The molecule has 0 amide bonds. The van der Waals surface area contributed by atoms with E-state index in [1.807, 2.05) is 0 Å². The highest BCUT2D eigenvalue weighted by molar-refractivity contribution is 5.72. The summed E-state index contributed by atoms with van der Waals surface area (Å²) in [4.78, 5) is 10.4. The Morgan fingerprint density at radius 3 is 2.92 bits per heavy atom. The van der Waals surface area contributed by atoms with E-state index in [1.165, 1.54) is 0 Å². The van der Waals surface area contributed by atoms with E-state index in [2.05, 4.69) is 0 Å². The quantitative estimate of drug-likeness (QED) is 0.618. The average molecular weight is 190 g/mol. The first kappa shape index (κ1) is 10.4. The molecule has 1 heterocycles. The fourth-order valence-electron chi connectivity index (χ4n) is 1.20. The summed E-state index contributed by atoms with van der Waals surface area (Å²) in [5, 5.41) is 17.1. The molecule has 76 valence electrons. The molecule has 1 rings (SSSR count). The molecule has 1 saturated heterocycles. The molecule has 0 aromatic heterocycles. The van der Waals surface area contributed by atoms with Gasteiger partial charge in [-0.05, 0) is 12.8 Å². The molecule has 0 bridgehead atoms. The van der Waals surface area contributed by atoms with Crippen molar-refractivity contribution in [1.82, 2.24) is 0 Å². The van der Waals surface area contributed by atoms with Crippen molar-refractivity contribution < 1.29 is 24.5 Å². The summed E-state index contributed by atoms with van der Waals surface area (Å²) in [6, 6.07) is 0. The fraction of sp³-hybridized carbons (Fsp3) is 0.875. The Bertz CT molecular complexity index is 164. The Morgan fingerprint density at radius 2 is 2.46 bits per heavy atom. The maximum atomic E-state index is 10.4. The van der Waals surface area contributed by atoms with Gasteiger partial charge < -0.3 is 19.7 Å². The zero-order chi connectivity index (χ0) is 9.68. The van der Waals surface area contributed by atoms with Crippen LogP contribution in [0.25, 0.3) is 0 Å². The SMILES string of the molecule is O=C(O)C(CO)OCC1CCCO1. The standard InChI is InChI=1S/C8H14O5/c9-4-7(8(10)11)13-5-6-2-1-3-12-6/h6-7,9H,1-5H2,(H,10,11). The number of aliphatic hydroxyl groups excluding tert-OH is 1. The molecule has 5 heteroatoms. The Kier molecular flexibility index (Phi) is 4.14. The highest BCUT2D eigenvalue weighted by Crippen LogP contribution is 2.12. The maximum absolute atomic E-state index is 10.4. The molecular weight excluding hydrogens is 176 g/mol. The maximum Gasteiger partial charge on any atom is 0.335 e. The Morgan fingerprint density at radius 1 is 1.69 bits per heavy atom. The second-order valence-corrected chi connectivity index (χ2v) is 2.98. The van der Waals surface area contributed by atoms with Crippen molar-refractivity contribution in [3.63, 3.8) is 0 Å². The smallest absolute Gasteiger partial charge is 0.335 e. The summed E-state index contributed by atoms with van der Waals surface area (Å²) < 4.78 is 10.2. The van der Waals surface area contributed by atoms with E-state index >= 15 is 0 Å². The summed E-state index contributed by atoms with van der Waals surface area (Å²) in [7, 11) is 0. The van der Waals surface area contributed by atoms with Crippen molar-refractivity contribution in [2.75, 3.05) is 19.8 Å². The van der Waals surface area contributed by atoms with E-state index in [0.29, 0.717) is 6.61 Å². The summed E-state index contributed by atoms with van der Waals surface area (Å²) in [5.74, 6) is -1.14. The number of rotatable bonds is 5. The Balaban J connectivity index is 2.18. The summed E-state index contributed by atoms with van der Waals surface area (Å²) >= 11 is 0. The van der Waals surface area contributed by atoms with Gasteiger partial charge in [0.1, 0.15) is 0 Å². The van der Waals surface area contributed by atoms with E-state index in [1.54, 1.807) is 0 Å². The topological polar surface area (TPSA) is 76.0 Å². The first-order valence-corrected chi connectivity index (χ1v) is 4.31. The van der Waals surface area contributed by atoms with Crippen LogP contribution in [0.15, 0.2) is 0 Å². The van der Waals surface area contributed by atoms with Gasteiger partial charge in [-0.1, -0.05) is 0 Å². The lowest BCUT2D eigenvalue weighted by Gasteiger charge is -2.14. The molecule has 1 aliphatic rings. The van der Waals surface area contributed by atoms with E-state index in [9.17, 15) is 4.79 Å². The van der Waals surface area contributed by atoms with Crippen LogP contribution in [0.1, 0.15) is 12.8 Å². The van der Waals surface area contributed by atoms with Gasteiger partial charge in [0.15, 0.2) is 6.10 Å². The average Bonchev–Trinajstić information content (AvgIpc) is 2.57. The molecule has 0 spiro atoms. The van der Waals surface area contributed by atoms with Crippen molar-refractivity contribution in [3.05, 3.63) is 0 Å². The monoisotopic (exact) mass is 190 g/mol. The predicted molar refractivity (Wildman–Crippen MR) is 43.4 cm³/mol. The zero-order valence-corrected chi connectivity index (χ0v) is 7.31. The number of hydrogen-bond donors (Lipinski definition) is 2. The van der Waals surface area contributed by atoms with Gasteiger partial charge in [-0.2, -0.15) is 0 Å². The number of carboxylic acid groups (broad SMARTS) is 1. The minimum Gasteiger partial charge on any atom is -0.479 e. The van der Waals surface area contributed by atoms with Gasteiger partial charge >= 0.3 is 5.97 Å². The molecule has 2 atom stereocenters. The second kappa shape index (κ2) is 5.16. The second-order valence-electron chi connectivity index (χ2n) is 2.98. The first-order chi connectivity index (χ1) is 6.24. The lowest BCUT2D eigenvalue weighted by molar-refractivity contribution is -0.155. The molecule has 0 saturated carbocycles. The van der Waals surface area contributed by atoms with Crippen LogP contribution in [0.3, 0.4) is 0 Å². The van der Waals surface area contributed by atoms with Crippen LogP contribution < -0.4 is 0 Å². The van der Waals surface area contributed by atoms with Crippen LogP contribution in [0.4, 0.5) is 0 Å². The lowest BCUT2D eigenvalue weighted by atomic mass is 10.2. The Labute approximate surface area is 76.3 Å². The van der Waals surface area contributed by atoms with Gasteiger partial charge in [0.05, 0.1) is 19.3 Å². The van der Waals surface area contributed by atoms with Crippen LogP contribution in [-0.4, -0.2) is 48.2 Å². The minimum atomic E-state index is -1.14. The largest absolute Gasteiger partial charge is 0.479 e. The highest BCUT2D eigenvalue weighted by Gasteiger charge is 2.21. The van der Waals surface area contributed by atoms with Crippen molar-refractivity contribution in [2.45, 2.75) is 25.0 Å². The van der Waals surface area contributed by atoms with Gasteiger partial charge in [0.25, 0.3) is 0 Å². The van der Waals surface area contributed by atoms with Crippen molar-refractivity contribution >= 4 is 5.97 Å². The van der Waals surface area contributed by atoms with Crippen molar-refractivity contribution in [3.8, 4) is 0 Å². The highest BCUT2D eigenvalue weighted by atomic mass is 16.6. The molecule has 0 radical (unpaired) electrons. The number of carboxylic acids is 1. The van der Waals surface area contributed by atoms with Gasteiger partial charge in [-0.15, -0.1) is 0 Å². The van der Waals surface area contributed by atoms with E-state index in [-0.39, 0.29) is 12.7 Å². The molecule has 2 N–H and O–H groups in total. The van der Waals surface area contributed by atoms with Gasteiger partial charge in [-0.25, -0.2) is 4.79 Å². The van der Waals surface area contributed by atoms with Crippen LogP contribution >= 0.6 is 0 Å². The third-order valence-corrected chi connectivity index (χ3v) is 1.95.